The first-order chi connectivity index (χ1) is 11.1. The lowest BCUT2D eigenvalue weighted by Gasteiger charge is -2.22. The van der Waals surface area contributed by atoms with E-state index in [1.807, 2.05) is 6.92 Å². The smallest absolute Gasteiger partial charge is 0.223 e. The van der Waals surface area contributed by atoms with E-state index in [2.05, 4.69) is 20.7 Å². The van der Waals surface area contributed by atoms with Crippen molar-refractivity contribution >= 4 is 5.91 Å². The van der Waals surface area contributed by atoms with Crippen molar-refractivity contribution in [3.63, 3.8) is 0 Å². The normalized spacial score (nSPS) is 18.1. The molecule has 2 N–H and O–H groups in total. The van der Waals surface area contributed by atoms with Crippen molar-refractivity contribution in [3.8, 4) is 5.75 Å². The highest BCUT2D eigenvalue weighted by atomic mass is 19.1. The summed E-state index contributed by atoms with van der Waals surface area (Å²) >= 11 is 0. The summed E-state index contributed by atoms with van der Waals surface area (Å²) < 4.78 is 18.4. The summed E-state index contributed by atoms with van der Waals surface area (Å²) in [5.41, 5.74) is 1.84. The predicted molar refractivity (Wildman–Crippen MR) is 81.4 cm³/mol. The molecule has 1 aliphatic carbocycles. The van der Waals surface area contributed by atoms with Gasteiger partial charge in [0.2, 0.25) is 5.91 Å². The van der Waals surface area contributed by atoms with E-state index in [1.54, 1.807) is 12.1 Å². The number of aromatic nitrogens is 3. The Balaban J connectivity index is 1.47. The standard InChI is InChI=1S/C16H19FN4O2/c1-10(9-23-13-5-3-12(17)4-6-13)18-16(22)11-2-7-14-15(8-11)20-21-19-14/h3-6,10-11H,2,7-9H2,1H3,(H,18,22)(H,19,20,21)/t10-,11-/m1/s1. The lowest BCUT2D eigenvalue weighted by atomic mass is 9.89. The van der Waals surface area contributed by atoms with Gasteiger partial charge in [-0.2, -0.15) is 15.4 Å². The highest BCUT2D eigenvalue weighted by Crippen LogP contribution is 2.22. The average molecular weight is 318 g/mol. The van der Waals surface area contributed by atoms with Gasteiger partial charge in [-0.3, -0.25) is 4.79 Å². The van der Waals surface area contributed by atoms with Gasteiger partial charge in [-0.05, 0) is 44.0 Å². The third-order valence-corrected chi connectivity index (χ3v) is 3.95. The first-order valence-corrected chi connectivity index (χ1v) is 7.69. The maximum Gasteiger partial charge on any atom is 0.223 e. The van der Waals surface area contributed by atoms with Gasteiger partial charge < -0.3 is 10.1 Å². The number of aryl methyl sites for hydroxylation is 1. The maximum absolute atomic E-state index is 12.8. The van der Waals surface area contributed by atoms with Gasteiger partial charge in [0.15, 0.2) is 0 Å². The second kappa shape index (κ2) is 6.76. The molecule has 0 fully saturated rings. The number of aromatic amines is 1. The van der Waals surface area contributed by atoms with Gasteiger partial charge in [0.25, 0.3) is 0 Å². The minimum Gasteiger partial charge on any atom is -0.491 e. The molecule has 122 valence electrons. The Hall–Kier alpha value is -2.44. The minimum atomic E-state index is -0.303. The number of hydrogen-bond acceptors (Lipinski definition) is 4. The van der Waals surface area contributed by atoms with E-state index in [4.69, 9.17) is 4.74 Å². The zero-order valence-electron chi connectivity index (χ0n) is 12.9. The Labute approximate surface area is 133 Å². The fourth-order valence-corrected chi connectivity index (χ4v) is 2.66. The number of carbonyl (C=O) groups is 1. The Morgan fingerprint density at radius 2 is 2.13 bits per heavy atom. The van der Waals surface area contributed by atoms with Gasteiger partial charge in [0.1, 0.15) is 18.2 Å². The first kappa shape index (κ1) is 15.5. The lowest BCUT2D eigenvalue weighted by molar-refractivity contribution is -0.126. The number of H-pyrrole nitrogens is 1. The fraction of sp³-hybridized carbons (Fsp3) is 0.438. The minimum absolute atomic E-state index is 0.00820. The van der Waals surface area contributed by atoms with Crippen LogP contribution in [0.15, 0.2) is 24.3 Å². The molecule has 1 aromatic carbocycles. The number of rotatable bonds is 5. The summed E-state index contributed by atoms with van der Waals surface area (Å²) in [4.78, 5) is 12.3. The monoisotopic (exact) mass is 318 g/mol. The van der Waals surface area contributed by atoms with Crippen LogP contribution in [0.4, 0.5) is 4.39 Å². The molecule has 0 aliphatic heterocycles. The number of hydrogen-bond donors (Lipinski definition) is 2. The van der Waals surface area contributed by atoms with Crippen LogP contribution in [0.5, 0.6) is 5.75 Å². The topological polar surface area (TPSA) is 79.9 Å². The van der Waals surface area contributed by atoms with Crippen LogP contribution in [-0.2, 0) is 17.6 Å². The van der Waals surface area contributed by atoms with E-state index < -0.39 is 0 Å². The molecule has 0 radical (unpaired) electrons. The molecule has 7 heteroatoms. The Bertz CT molecular complexity index is 671. The van der Waals surface area contributed by atoms with Crippen LogP contribution in [0.1, 0.15) is 24.7 Å². The van der Waals surface area contributed by atoms with E-state index >= 15 is 0 Å². The molecule has 3 rings (SSSR count). The third-order valence-electron chi connectivity index (χ3n) is 3.95. The van der Waals surface area contributed by atoms with Gasteiger partial charge >= 0.3 is 0 Å². The first-order valence-electron chi connectivity index (χ1n) is 7.69. The van der Waals surface area contributed by atoms with E-state index in [0.29, 0.717) is 18.8 Å². The second-order valence-corrected chi connectivity index (χ2v) is 5.83. The maximum atomic E-state index is 12.8. The molecule has 1 aliphatic rings. The van der Waals surface area contributed by atoms with Crippen LogP contribution in [-0.4, -0.2) is 34.0 Å². The van der Waals surface area contributed by atoms with E-state index in [9.17, 15) is 9.18 Å². The van der Waals surface area contributed by atoms with Crippen molar-refractivity contribution < 1.29 is 13.9 Å². The Kier molecular flexibility index (Phi) is 4.55. The van der Waals surface area contributed by atoms with Crippen molar-refractivity contribution in [2.75, 3.05) is 6.61 Å². The number of carbonyl (C=O) groups excluding carboxylic acids is 1. The predicted octanol–water partition coefficient (Wildman–Crippen LogP) is 1.63. The van der Waals surface area contributed by atoms with Crippen LogP contribution in [0.3, 0.4) is 0 Å². The molecule has 0 unspecified atom stereocenters. The number of ether oxygens (including phenoxy) is 1. The zero-order chi connectivity index (χ0) is 16.2. The number of nitrogens with zero attached hydrogens (tertiary/aromatic N) is 2. The molecule has 23 heavy (non-hydrogen) atoms. The number of amides is 1. The van der Waals surface area contributed by atoms with Gasteiger partial charge in [-0.25, -0.2) is 4.39 Å². The van der Waals surface area contributed by atoms with Gasteiger partial charge in [-0.1, -0.05) is 0 Å². The number of nitrogens with one attached hydrogen (secondary N) is 2. The molecule has 0 saturated heterocycles. The van der Waals surface area contributed by atoms with E-state index in [0.717, 1.165) is 24.2 Å². The SMILES string of the molecule is C[C@H](COc1ccc(F)cc1)NC(=O)[C@@H]1CCc2n[nH]nc2C1. The lowest BCUT2D eigenvalue weighted by Crippen LogP contribution is -2.42. The Morgan fingerprint density at radius 1 is 1.39 bits per heavy atom. The highest BCUT2D eigenvalue weighted by Gasteiger charge is 2.27. The molecule has 1 amide bonds. The van der Waals surface area contributed by atoms with Crippen molar-refractivity contribution in [2.45, 2.75) is 32.2 Å². The molecule has 1 heterocycles. The van der Waals surface area contributed by atoms with Crippen molar-refractivity contribution in [3.05, 3.63) is 41.5 Å². The summed E-state index contributed by atoms with van der Waals surface area (Å²) in [6.45, 7) is 2.21. The molecule has 6 nitrogen and oxygen atoms in total. The zero-order valence-corrected chi connectivity index (χ0v) is 12.9. The van der Waals surface area contributed by atoms with E-state index in [-0.39, 0.29) is 23.7 Å². The van der Waals surface area contributed by atoms with Crippen molar-refractivity contribution in [1.29, 1.82) is 0 Å². The molecule has 0 saturated carbocycles. The average Bonchev–Trinajstić information content (AvgIpc) is 3.02. The number of halogens is 1. The van der Waals surface area contributed by atoms with Gasteiger partial charge in [0.05, 0.1) is 17.4 Å². The largest absolute Gasteiger partial charge is 0.491 e. The molecule has 2 aromatic rings. The van der Waals surface area contributed by atoms with Crippen molar-refractivity contribution in [2.24, 2.45) is 5.92 Å². The second-order valence-electron chi connectivity index (χ2n) is 5.83. The van der Waals surface area contributed by atoms with Gasteiger partial charge in [-0.15, -0.1) is 0 Å². The molecular formula is C16H19FN4O2. The molecule has 0 spiro atoms. The summed E-state index contributed by atoms with van der Waals surface area (Å²) in [5, 5.41) is 13.7. The van der Waals surface area contributed by atoms with Gasteiger partial charge in [0, 0.05) is 12.3 Å². The van der Waals surface area contributed by atoms with Crippen LogP contribution in [0.25, 0.3) is 0 Å². The van der Waals surface area contributed by atoms with Crippen molar-refractivity contribution in [1.82, 2.24) is 20.7 Å². The summed E-state index contributed by atoms with van der Waals surface area (Å²) in [6.07, 6.45) is 2.16. The van der Waals surface area contributed by atoms with Crippen LogP contribution in [0.2, 0.25) is 0 Å². The molecular weight excluding hydrogens is 299 g/mol. The van der Waals surface area contributed by atoms with E-state index in [1.165, 1.54) is 12.1 Å². The van der Waals surface area contributed by atoms with Crippen LogP contribution in [0, 0.1) is 11.7 Å². The fourth-order valence-electron chi connectivity index (χ4n) is 2.66. The van der Waals surface area contributed by atoms with Crippen LogP contribution >= 0.6 is 0 Å². The summed E-state index contributed by atoms with van der Waals surface area (Å²) in [7, 11) is 0. The molecule has 0 bridgehead atoms. The highest BCUT2D eigenvalue weighted by molar-refractivity contribution is 5.79. The molecule has 2 atom stereocenters. The summed E-state index contributed by atoms with van der Waals surface area (Å²) in [5.74, 6) is 0.204. The Morgan fingerprint density at radius 3 is 2.91 bits per heavy atom. The van der Waals surface area contributed by atoms with Crippen LogP contribution < -0.4 is 10.1 Å². The molecule has 1 aromatic heterocycles. The summed E-state index contributed by atoms with van der Waals surface area (Å²) in [6, 6.07) is 5.69. The number of fused-ring (bicyclic) bond motifs is 1. The third kappa shape index (κ3) is 3.85. The number of benzene rings is 1. The quantitative estimate of drug-likeness (QED) is 0.878.